The van der Waals surface area contributed by atoms with Crippen molar-refractivity contribution in [2.24, 2.45) is 5.92 Å². The maximum absolute atomic E-state index is 11.6. The first-order chi connectivity index (χ1) is 7.49. The van der Waals surface area contributed by atoms with Crippen molar-refractivity contribution in [3.63, 3.8) is 0 Å². The van der Waals surface area contributed by atoms with E-state index in [-0.39, 0.29) is 18.2 Å². The molecule has 1 aromatic heterocycles. The smallest absolute Gasteiger partial charge is 0.303 e. The molecule has 2 N–H and O–H groups in total. The molecule has 1 aromatic rings. The fourth-order valence-electron chi connectivity index (χ4n) is 1.17. The van der Waals surface area contributed by atoms with Gasteiger partial charge in [0.15, 0.2) is 0 Å². The number of hydrogen-bond donors (Lipinski definition) is 2. The summed E-state index contributed by atoms with van der Waals surface area (Å²) in [6.07, 6.45) is 0.0709. The molecule has 0 spiro atoms. The minimum atomic E-state index is -0.841. The topological polar surface area (TPSA) is 66.4 Å². The van der Waals surface area contributed by atoms with E-state index in [1.165, 1.54) is 11.3 Å². The van der Waals surface area contributed by atoms with Crippen molar-refractivity contribution in [1.82, 2.24) is 5.32 Å². The third kappa shape index (κ3) is 4.48. The molecule has 1 rings (SSSR count). The minimum Gasteiger partial charge on any atom is -0.481 e. The average Bonchev–Trinajstić information content (AvgIpc) is 2.60. The summed E-state index contributed by atoms with van der Waals surface area (Å²) in [6, 6.07) is 1.81. The molecule has 0 radical (unpaired) electrons. The van der Waals surface area contributed by atoms with Crippen molar-refractivity contribution in [2.45, 2.75) is 13.3 Å². The third-order valence-corrected chi connectivity index (χ3v) is 3.75. The van der Waals surface area contributed by atoms with E-state index >= 15 is 0 Å². The van der Waals surface area contributed by atoms with Crippen LogP contribution in [0.15, 0.2) is 11.4 Å². The maximum Gasteiger partial charge on any atom is 0.303 e. The van der Waals surface area contributed by atoms with Crippen LogP contribution in [0.5, 0.6) is 0 Å². The summed E-state index contributed by atoms with van der Waals surface area (Å²) in [6.45, 7) is 2.18. The standard InChI is InChI=1S/C10H12INO3S/c1-6(2-9(13)14)4-12-10(15)7-3-8(11)16-5-7/h3,5-6H,2,4H2,1H3,(H,12,15)(H,13,14). The first-order valence-electron chi connectivity index (χ1n) is 4.73. The van der Waals surface area contributed by atoms with Crippen LogP contribution in [0.1, 0.15) is 23.7 Å². The zero-order valence-corrected chi connectivity index (χ0v) is 11.7. The third-order valence-electron chi connectivity index (χ3n) is 1.96. The van der Waals surface area contributed by atoms with Crippen LogP contribution in [-0.4, -0.2) is 23.5 Å². The number of hydrogen-bond acceptors (Lipinski definition) is 3. The van der Waals surface area contributed by atoms with Crippen LogP contribution in [0.4, 0.5) is 0 Å². The van der Waals surface area contributed by atoms with Crippen molar-refractivity contribution in [3.05, 3.63) is 19.9 Å². The highest BCUT2D eigenvalue weighted by Crippen LogP contribution is 2.16. The molecule has 0 saturated carbocycles. The molecule has 0 aromatic carbocycles. The largest absolute Gasteiger partial charge is 0.481 e. The number of aliphatic carboxylic acids is 1. The van der Waals surface area contributed by atoms with E-state index in [4.69, 9.17) is 5.11 Å². The van der Waals surface area contributed by atoms with E-state index in [2.05, 4.69) is 27.9 Å². The van der Waals surface area contributed by atoms with E-state index in [0.717, 1.165) is 2.88 Å². The molecule has 0 aliphatic heterocycles. The van der Waals surface area contributed by atoms with Gasteiger partial charge in [0.1, 0.15) is 0 Å². The molecule has 4 nitrogen and oxygen atoms in total. The fourth-order valence-corrected chi connectivity index (χ4v) is 2.49. The van der Waals surface area contributed by atoms with Gasteiger partial charge in [-0.15, -0.1) is 11.3 Å². The molecule has 16 heavy (non-hydrogen) atoms. The van der Waals surface area contributed by atoms with Crippen molar-refractivity contribution in [2.75, 3.05) is 6.54 Å². The Morgan fingerprint density at radius 2 is 2.31 bits per heavy atom. The van der Waals surface area contributed by atoms with Crippen molar-refractivity contribution >= 4 is 45.8 Å². The van der Waals surface area contributed by atoms with Crippen molar-refractivity contribution < 1.29 is 14.7 Å². The number of nitrogens with one attached hydrogen (secondary N) is 1. The van der Waals surface area contributed by atoms with Gasteiger partial charge < -0.3 is 10.4 Å². The highest BCUT2D eigenvalue weighted by Gasteiger charge is 2.11. The molecule has 0 aliphatic carbocycles. The second-order valence-electron chi connectivity index (χ2n) is 3.55. The van der Waals surface area contributed by atoms with Crippen LogP contribution in [0, 0.1) is 8.80 Å². The first-order valence-corrected chi connectivity index (χ1v) is 6.69. The first kappa shape index (κ1) is 13.4. The number of rotatable bonds is 5. The number of carbonyl (C=O) groups is 2. The van der Waals surface area contributed by atoms with E-state index in [1.54, 1.807) is 12.3 Å². The van der Waals surface area contributed by atoms with Gasteiger partial charge in [-0.2, -0.15) is 0 Å². The second kappa shape index (κ2) is 6.19. The Kier molecular flexibility index (Phi) is 5.20. The lowest BCUT2D eigenvalue weighted by molar-refractivity contribution is -0.137. The van der Waals surface area contributed by atoms with Gasteiger partial charge in [-0.05, 0) is 34.6 Å². The van der Waals surface area contributed by atoms with Gasteiger partial charge in [-0.3, -0.25) is 9.59 Å². The van der Waals surface area contributed by atoms with Gasteiger partial charge in [-0.25, -0.2) is 0 Å². The van der Waals surface area contributed by atoms with Crippen LogP contribution in [0.25, 0.3) is 0 Å². The Morgan fingerprint density at radius 1 is 1.62 bits per heavy atom. The molecule has 88 valence electrons. The van der Waals surface area contributed by atoms with Gasteiger partial charge in [0, 0.05) is 18.3 Å². The van der Waals surface area contributed by atoms with Gasteiger partial charge in [0.2, 0.25) is 0 Å². The van der Waals surface area contributed by atoms with E-state index in [1.807, 2.05) is 6.07 Å². The van der Waals surface area contributed by atoms with Gasteiger partial charge in [0.25, 0.3) is 5.91 Å². The van der Waals surface area contributed by atoms with Gasteiger partial charge in [-0.1, -0.05) is 6.92 Å². The number of amides is 1. The summed E-state index contributed by atoms with van der Waals surface area (Å²) < 4.78 is 1.06. The molecule has 6 heteroatoms. The second-order valence-corrected chi connectivity index (χ2v) is 6.36. The predicted octanol–water partition coefficient (Wildman–Crippen LogP) is 2.19. The summed E-state index contributed by atoms with van der Waals surface area (Å²) in [4.78, 5) is 22.0. The molecule has 0 bridgehead atoms. The Labute approximate surface area is 111 Å². The Hall–Kier alpha value is -0.630. The fraction of sp³-hybridized carbons (Fsp3) is 0.400. The van der Waals surface area contributed by atoms with Crippen LogP contribution in [0.3, 0.4) is 0 Å². The van der Waals surface area contributed by atoms with Crippen LogP contribution in [-0.2, 0) is 4.79 Å². The van der Waals surface area contributed by atoms with E-state index < -0.39 is 5.97 Å². The normalized spacial score (nSPS) is 12.1. The summed E-state index contributed by atoms with van der Waals surface area (Å²) >= 11 is 3.66. The monoisotopic (exact) mass is 353 g/mol. The summed E-state index contributed by atoms with van der Waals surface area (Å²) in [7, 11) is 0. The maximum atomic E-state index is 11.6. The molecule has 0 aliphatic rings. The van der Waals surface area contributed by atoms with Crippen LogP contribution >= 0.6 is 33.9 Å². The molecule has 1 unspecified atom stereocenters. The summed E-state index contributed by atoms with van der Waals surface area (Å²) in [5, 5.41) is 13.1. The van der Waals surface area contributed by atoms with Crippen molar-refractivity contribution in [1.29, 1.82) is 0 Å². The van der Waals surface area contributed by atoms with Crippen LogP contribution in [0.2, 0.25) is 0 Å². The highest BCUT2D eigenvalue weighted by molar-refractivity contribution is 14.1. The zero-order chi connectivity index (χ0) is 12.1. The lowest BCUT2D eigenvalue weighted by Crippen LogP contribution is -2.28. The Balaban J connectivity index is 2.38. The number of carbonyl (C=O) groups excluding carboxylic acids is 1. The minimum absolute atomic E-state index is 0.0563. The quantitative estimate of drug-likeness (QED) is 0.798. The van der Waals surface area contributed by atoms with Gasteiger partial charge >= 0.3 is 5.97 Å². The highest BCUT2D eigenvalue weighted by atomic mass is 127. The molecule has 1 atom stereocenters. The summed E-state index contributed by atoms with van der Waals surface area (Å²) in [5.41, 5.74) is 0.636. The zero-order valence-electron chi connectivity index (χ0n) is 8.70. The molecular formula is C10H12INO3S. The number of halogens is 1. The van der Waals surface area contributed by atoms with Gasteiger partial charge in [0.05, 0.1) is 8.45 Å². The number of thiophene rings is 1. The Morgan fingerprint density at radius 3 is 2.81 bits per heavy atom. The average molecular weight is 353 g/mol. The molecule has 0 saturated heterocycles. The molecular weight excluding hydrogens is 341 g/mol. The van der Waals surface area contributed by atoms with Crippen molar-refractivity contribution in [3.8, 4) is 0 Å². The predicted molar refractivity (Wildman–Crippen MR) is 70.8 cm³/mol. The van der Waals surface area contributed by atoms with E-state index in [9.17, 15) is 9.59 Å². The lowest BCUT2D eigenvalue weighted by Gasteiger charge is -2.09. The molecule has 1 heterocycles. The molecule has 0 fully saturated rings. The molecule has 1 amide bonds. The Bertz CT molecular complexity index is 391. The summed E-state index contributed by atoms with van der Waals surface area (Å²) in [5.74, 6) is -1.04. The number of carboxylic acid groups (broad SMARTS) is 1. The lowest BCUT2D eigenvalue weighted by atomic mass is 10.1. The SMILES string of the molecule is CC(CNC(=O)c1csc(I)c1)CC(=O)O. The number of carboxylic acids is 1. The van der Waals surface area contributed by atoms with E-state index in [0.29, 0.717) is 12.1 Å². The van der Waals surface area contributed by atoms with Crippen LogP contribution < -0.4 is 5.32 Å².